The van der Waals surface area contributed by atoms with Gasteiger partial charge in [0.1, 0.15) is 0 Å². The van der Waals surface area contributed by atoms with Crippen molar-refractivity contribution in [1.82, 2.24) is 0 Å². The van der Waals surface area contributed by atoms with Crippen molar-refractivity contribution in [3.8, 4) is 0 Å². The van der Waals surface area contributed by atoms with Gasteiger partial charge in [0.15, 0.2) is 0 Å². The van der Waals surface area contributed by atoms with Gasteiger partial charge in [0, 0.05) is 0 Å². The molecule has 0 saturated heterocycles. The van der Waals surface area contributed by atoms with E-state index in [-0.39, 0.29) is 0 Å². The Hall–Kier alpha value is -2.08. The van der Waals surface area contributed by atoms with Crippen molar-refractivity contribution in [2.45, 2.75) is 40.0 Å². The fourth-order valence-electron chi connectivity index (χ4n) is 2.73. The Bertz CT molecular complexity index is 587. The van der Waals surface area contributed by atoms with Gasteiger partial charge in [-0.1, -0.05) is 85.3 Å². The summed E-state index contributed by atoms with van der Waals surface area (Å²) in [6.07, 6.45) is 8.31. The smallest absolute Gasteiger partial charge is 0.0151 e. The lowest BCUT2D eigenvalue weighted by Gasteiger charge is -2.12. The summed E-state index contributed by atoms with van der Waals surface area (Å²) < 4.78 is 0. The molecule has 0 heteroatoms. The minimum atomic E-state index is 0.702. The molecule has 0 saturated carbocycles. The van der Waals surface area contributed by atoms with Crippen molar-refractivity contribution in [2.75, 3.05) is 0 Å². The first kappa shape index (κ1) is 17.3. The van der Waals surface area contributed by atoms with Gasteiger partial charge in [0.25, 0.3) is 0 Å². The molecule has 0 spiro atoms. The fraction of sp³-hybridized carbons (Fsp3) is 0.304. The van der Waals surface area contributed by atoms with E-state index in [4.69, 9.17) is 0 Å². The Morgan fingerprint density at radius 2 is 1.35 bits per heavy atom. The zero-order chi connectivity index (χ0) is 16.5. The summed E-state index contributed by atoms with van der Waals surface area (Å²) in [5.41, 5.74) is 5.37. The van der Waals surface area contributed by atoms with Crippen LogP contribution < -0.4 is 0 Å². The summed E-state index contributed by atoms with van der Waals surface area (Å²) in [5.74, 6) is 0.702. The zero-order valence-electron chi connectivity index (χ0n) is 14.6. The second kappa shape index (κ2) is 9.15. The van der Waals surface area contributed by atoms with E-state index in [0.717, 1.165) is 6.42 Å². The van der Waals surface area contributed by atoms with Gasteiger partial charge in [-0.15, -0.1) is 0 Å². The average molecular weight is 304 g/mol. The maximum atomic E-state index is 2.41. The Morgan fingerprint density at radius 3 is 1.83 bits per heavy atom. The van der Waals surface area contributed by atoms with E-state index >= 15 is 0 Å². The number of hydrogen-bond acceptors (Lipinski definition) is 0. The van der Waals surface area contributed by atoms with Crippen LogP contribution in [0.1, 0.15) is 51.2 Å². The van der Waals surface area contributed by atoms with Gasteiger partial charge in [0.2, 0.25) is 0 Å². The molecular weight excluding hydrogens is 276 g/mol. The van der Waals surface area contributed by atoms with Crippen LogP contribution in [0.5, 0.6) is 0 Å². The lowest BCUT2D eigenvalue weighted by atomic mass is 9.93. The van der Waals surface area contributed by atoms with Gasteiger partial charge >= 0.3 is 0 Å². The van der Waals surface area contributed by atoms with Crippen molar-refractivity contribution < 1.29 is 0 Å². The van der Waals surface area contributed by atoms with Crippen LogP contribution in [0.3, 0.4) is 0 Å². The molecule has 0 radical (unpaired) electrons. The van der Waals surface area contributed by atoms with Gasteiger partial charge in [-0.3, -0.25) is 0 Å². The van der Waals surface area contributed by atoms with Crippen molar-refractivity contribution in [2.24, 2.45) is 5.92 Å². The first-order chi connectivity index (χ1) is 11.2. The Labute approximate surface area is 141 Å². The molecule has 0 fully saturated rings. The molecule has 0 aliphatic heterocycles. The third-order valence-corrected chi connectivity index (χ3v) is 4.11. The molecule has 2 aromatic rings. The lowest BCUT2D eigenvalue weighted by Crippen LogP contribution is -1.94. The summed E-state index contributed by atoms with van der Waals surface area (Å²) in [7, 11) is 0. The normalized spacial score (nSPS) is 11.6. The monoisotopic (exact) mass is 304 g/mol. The highest BCUT2D eigenvalue weighted by Crippen LogP contribution is 2.25. The molecule has 0 aliphatic rings. The van der Waals surface area contributed by atoms with E-state index in [2.05, 4.69) is 93.6 Å². The molecular formula is C23H28. The summed E-state index contributed by atoms with van der Waals surface area (Å²) in [4.78, 5) is 0. The topological polar surface area (TPSA) is 0 Å². The molecule has 2 rings (SSSR count). The van der Waals surface area contributed by atoms with Crippen LogP contribution in [0.2, 0.25) is 0 Å². The number of benzene rings is 2. The number of rotatable bonds is 7. The van der Waals surface area contributed by atoms with E-state index < -0.39 is 0 Å². The van der Waals surface area contributed by atoms with E-state index in [9.17, 15) is 0 Å². The SMILES string of the molecule is CC(C)=CCCC(C)CC=C(c1ccccc1)c1ccccc1. The first-order valence-electron chi connectivity index (χ1n) is 8.61. The maximum Gasteiger partial charge on any atom is -0.0151 e. The molecule has 2 aromatic carbocycles. The predicted molar refractivity (Wildman–Crippen MR) is 102 cm³/mol. The minimum Gasteiger partial charge on any atom is -0.0859 e. The number of hydrogen-bond donors (Lipinski definition) is 0. The van der Waals surface area contributed by atoms with Crippen molar-refractivity contribution >= 4 is 5.57 Å². The van der Waals surface area contributed by atoms with Crippen LogP contribution in [0.15, 0.2) is 78.4 Å². The van der Waals surface area contributed by atoms with Gasteiger partial charge in [-0.25, -0.2) is 0 Å². The maximum absolute atomic E-state index is 2.41. The quantitative estimate of drug-likeness (QED) is 0.488. The molecule has 120 valence electrons. The Kier molecular flexibility index (Phi) is 6.87. The van der Waals surface area contributed by atoms with Gasteiger partial charge in [0.05, 0.1) is 0 Å². The van der Waals surface area contributed by atoms with E-state index in [1.807, 2.05) is 0 Å². The fourth-order valence-corrected chi connectivity index (χ4v) is 2.73. The van der Waals surface area contributed by atoms with E-state index in [0.29, 0.717) is 5.92 Å². The van der Waals surface area contributed by atoms with Crippen LogP contribution in [-0.4, -0.2) is 0 Å². The average Bonchev–Trinajstić information content (AvgIpc) is 2.57. The van der Waals surface area contributed by atoms with Gasteiger partial charge < -0.3 is 0 Å². The molecule has 0 N–H and O–H groups in total. The molecule has 0 heterocycles. The molecule has 23 heavy (non-hydrogen) atoms. The molecule has 0 bridgehead atoms. The minimum absolute atomic E-state index is 0.702. The largest absolute Gasteiger partial charge is 0.0859 e. The lowest BCUT2D eigenvalue weighted by molar-refractivity contribution is 0.546. The zero-order valence-corrected chi connectivity index (χ0v) is 14.6. The second-order valence-electron chi connectivity index (χ2n) is 6.55. The van der Waals surface area contributed by atoms with Crippen molar-refractivity contribution in [3.63, 3.8) is 0 Å². The van der Waals surface area contributed by atoms with E-state index in [1.54, 1.807) is 0 Å². The highest BCUT2D eigenvalue weighted by atomic mass is 14.1. The summed E-state index contributed by atoms with van der Waals surface area (Å²) in [5, 5.41) is 0. The van der Waals surface area contributed by atoms with Crippen LogP contribution in [0.25, 0.3) is 5.57 Å². The highest BCUT2D eigenvalue weighted by molar-refractivity contribution is 5.79. The summed E-state index contributed by atoms with van der Waals surface area (Å²) >= 11 is 0. The Morgan fingerprint density at radius 1 is 0.826 bits per heavy atom. The van der Waals surface area contributed by atoms with Crippen molar-refractivity contribution in [3.05, 3.63) is 89.5 Å². The molecule has 0 aliphatic carbocycles. The molecule has 1 unspecified atom stereocenters. The molecule has 0 amide bonds. The van der Waals surface area contributed by atoms with Crippen LogP contribution in [0, 0.1) is 5.92 Å². The van der Waals surface area contributed by atoms with Gasteiger partial charge in [-0.2, -0.15) is 0 Å². The third-order valence-electron chi connectivity index (χ3n) is 4.11. The van der Waals surface area contributed by atoms with Crippen LogP contribution in [-0.2, 0) is 0 Å². The Balaban J connectivity index is 2.13. The summed E-state index contributed by atoms with van der Waals surface area (Å²) in [6, 6.07) is 21.4. The second-order valence-corrected chi connectivity index (χ2v) is 6.55. The molecule has 1 atom stereocenters. The molecule has 0 aromatic heterocycles. The predicted octanol–water partition coefficient (Wildman–Crippen LogP) is 6.89. The highest BCUT2D eigenvalue weighted by Gasteiger charge is 2.06. The van der Waals surface area contributed by atoms with Gasteiger partial charge in [-0.05, 0) is 55.7 Å². The summed E-state index contributed by atoms with van der Waals surface area (Å²) in [6.45, 7) is 6.70. The van der Waals surface area contributed by atoms with Crippen LogP contribution >= 0.6 is 0 Å². The standard InChI is InChI=1S/C23H28/c1-19(2)11-10-12-20(3)17-18-23(21-13-6-4-7-14-21)22-15-8-5-9-16-22/h4-9,11,13-16,18,20H,10,12,17H2,1-3H3. The van der Waals surface area contributed by atoms with Crippen LogP contribution in [0.4, 0.5) is 0 Å². The number of allylic oxidation sites excluding steroid dienone is 3. The molecule has 0 nitrogen and oxygen atoms in total. The third kappa shape index (κ3) is 5.90. The first-order valence-corrected chi connectivity index (χ1v) is 8.61. The van der Waals surface area contributed by atoms with Crippen molar-refractivity contribution in [1.29, 1.82) is 0 Å². The van der Waals surface area contributed by atoms with E-state index in [1.165, 1.54) is 35.1 Å².